The van der Waals surface area contributed by atoms with Crippen LogP contribution in [0.2, 0.25) is 0 Å². The molecule has 1 aromatic carbocycles. The highest BCUT2D eigenvalue weighted by Crippen LogP contribution is 2.66. The van der Waals surface area contributed by atoms with Crippen LogP contribution in [-0.4, -0.2) is 29.9 Å². The molecule has 4 heteroatoms. The number of carbonyl (C=O) groups is 2. The van der Waals surface area contributed by atoms with Gasteiger partial charge in [0.15, 0.2) is 0 Å². The molecule has 1 heterocycles. The number of nitrogens with zero attached hydrogens (tertiary/aromatic N) is 1. The Kier molecular flexibility index (Phi) is 3.43. The zero-order chi connectivity index (χ0) is 15.9. The van der Waals surface area contributed by atoms with Gasteiger partial charge in [0.05, 0.1) is 0 Å². The van der Waals surface area contributed by atoms with E-state index in [1.807, 2.05) is 35.2 Å². The molecule has 1 amide bonds. The first-order valence-corrected chi connectivity index (χ1v) is 8.56. The first-order chi connectivity index (χ1) is 11.1. The summed E-state index contributed by atoms with van der Waals surface area (Å²) in [6.07, 6.45) is 5.91. The Balaban J connectivity index is 1.24. The number of benzene rings is 1. The molecule has 2 aliphatic carbocycles. The molecule has 0 bridgehead atoms. The molecule has 3 fully saturated rings. The standard InChI is InChI=1S/C19H23NO3/c21-16-10-19(11-16)13-18(14-19)6-8-20(9-7-18)17(22)23-12-15-4-2-1-3-5-15/h1-5H,6-14H2. The Hall–Kier alpha value is -1.84. The second-order valence-electron chi connectivity index (χ2n) is 7.77. The molecular formula is C19H23NO3. The van der Waals surface area contributed by atoms with Gasteiger partial charge in [0.25, 0.3) is 0 Å². The van der Waals surface area contributed by atoms with Crippen molar-refractivity contribution in [3.8, 4) is 0 Å². The summed E-state index contributed by atoms with van der Waals surface area (Å²) in [5.74, 6) is 0.432. The van der Waals surface area contributed by atoms with Crippen molar-refractivity contribution in [2.24, 2.45) is 10.8 Å². The second-order valence-corrected chi connectivity index (χ2v) is 7.77. The van der Waals surface area contributed by atoms with Crippen molar-refractivity contribution in [1.82, 2.24) is 4.90 Å². The second kappa shape index (κ2) is 5.36. The van der Waals surface area contributed by atoms with E-state index in [0.717, 1.165) is 44.3 Å². The topological polar surface area (TPSA) is 46.6 Å². The van der Waals surface area contributed by atoms with Crippen LogP contribution in [0.5, 0.6) is 0 Å². The van der Waals surface area contributed by atoms with Crippen LogP contribution in [0.4, 0.5) is 4.79 Å². The van der Waals surface area contributed by atoms with Gasteiger partial charge < -0.3 is 9.64 Å². The molecule has 4 rings (SSSR count). The number of amides is 1. The maximum atomic E-state index is 12.2. The Bertz CT molecular complexity index is 599. The molecular weight excluding hydrogens is 290 g/mol. The lowest BCUT2D eigenvalue weighted by molar-refractivity contribution is -0.157. The fraction of sp³-hybridized carbons (Fsp3) is 0.579. The molecule has 23 heavy (non-hydrogen) atoms. The fourth-order valence-electron chi connectivity index (χ4n) is 4.90. The van der Waals surface area contributed by atoms with E-state index in [1.54, 1.807) is 0 Å². The van der Waals surface area contributed by atoms with Crippen molar-refractivity contribution in [1.29, 1.82) is 0 Å². The Morgan fingerprint density at radius 3 is 2.30 bits per heavy atom. The maximum Gasteiger partial charge on any atom is 0.410 e. The predicted molar refractivity (Wildman–Crippen MR) is 85.8 cm³/mol. The van der Waals surface area contributed by atoms with Crippen LogP contribution in [0.1, 0.15) is 44.1 Å². The van der Waals surface area contributed by atoms with Crippen molar-refractivity contribution >= 4 is 11.9 Å². The van der Waals surface area contributed by atoms with Crippen molar-refractivity contribution < 1.29 is 14.3 Å². The van der Waals surface area contributed by atoms with E-state index in [2.05, 4.69) is 0 Å². The van der Waals surface area contributed by atoms with Gasteiger partial charge in [0.2, 0.25) is 0 Å². The van der Waals surface area contributed by atoms with Gasteiger partial charge in [-0.3, -0.25) is 4.79 Å². The molecule has 0 aromatic heterocycles. The minimum absolute atomic E-state index is 0.198. The van der Waals surface area contributed by atoms with Crippen LogP contribution in [0.15, 0.2) is 30.3 Å². The molecule has 3 aliphatic rings. The maximum absolute atomic E-state index is 12.2. The number of hydrogen-bond donors (Lipinski definition) is 0. The summed E-state index contributed by atoms with van der Waals surface area (Å²) >= 11 is 0. The summed E-state index contributed by atoms with van der Waals surface area (Å²) in [6.45, 7) is 1.92. The molecule has 0 unspecified atom stereocenters. The summed E-state index contributed by atoms with van der Waals surface area (Å²) in [5.41, 5.74) is 1.77. The molecule has 1 aromatic rings. The highest BCUT2D eigenvalue weighted by atomic mass is 16.6. The number of hydrogen-bond acceptors (Lipinski definition) is 3. The third-order valence-corrected chi connectivity index (χ3v) is 5.93. The summed E-state index contributed by atoms with van der Waals surface area (Å²) < 4.78 is 5.42. The van der Waals surface area contributed by atoms with Crippen molar-refractivity contribution in [3.05, 3.63) is 35.9 Å². The van der Waals surface area contributed by atoms with Gasteiger partial charge in [-0.05, 0) is 42.1 Å². The van der Waals surface area contributed by atoms with Crippen LogP contribution < -0.4 is 0 Å². The van der Waals surface area contributed by atoms with Gasteiger partial charge in [0, 0.05) is 25.9 Å². The van der Waals surface area contributed by atoms with Gasteiger partial charge in [-0.1, -0.05) is 30.3 Å². The molecule has 0 N–H and O–H groups in total. The van der Waals surface area contributed by atoms with E-state index < -0.39 is 0 Å². The Morgan fingerprint density at radius 2 is 1.70 bits per heavy atom. The normalized spacial score (nSPS) is 24.2. The van der Waals surface area contributed by atoms with Gasteiger partial charge in [-0.15, -0.1) is 0 Å². The van der Waals surface area contributed by atoms with Crippen LogP contribution in [0.25, 0.3) is 0 Å². The number of ketones is 1. The monoisotopic (exact) mass is 313 g/mol. The first kappa shape index (κ1) is 14.7. The zero-order valence-electron chi connectivity index (χ0n) is 13.4. The average molecular weight is 313 g/mol. The summed E-state index contributed by atoms with van der Waals surface area (Å²) in [5, 5.41) is 0. The van der Waals surface area contributed by atoms with Crippen molar-refractivity contribution in [2.75, 3.05) is 13.1 Å². The zero-order valence-corrected chi connectivity index (χ0v) is 13.4. The third-order valence-electron chi connectivity index (χ3n) is 5.93. The number of likely N-dealkylation sites (tertiary alicyclic amines) is 1. The highest BCUT2D eigenvalue weighted by Gasteiger charge is 2.60. The van der Waals surface area contributed by atoms with Crippen LogP contribution in [-0.2, 0) is 16.1 Å². The lowest BCUT2D eigenvalue weighted by Gasteiger charge is -2.62. The fourth-order valence-corrected chi connectivity index (χ4v) is 4.90. The molecule has 1 aliphatic heterocycles. The highest BCUT2D eigenvalue weighted by molar-refractivity contribution is 5.86. The average Bonchev–Trinajstić information content (AvgIpc) is 2.51. The van der Waals surface area contributed by atoms with E-state index in [4.69, 9.17) is 4.74 Å². The van der Waals surface area contributed by atoms with E-state index >= 15 is 0 Å². The third kappa shape index (κ3) is 2.75. The minimum atomic E-state index is -0.198. The van der Waals surface area contributed by atoms with Gasteiger partial charge in [-0.2, -0.15) is 0 Å². The molecule has 0 atom stereocenters. The molecule has 0 radical (unpaired) electrons. The van der Waals surface area contributed by atoms with Crippen molar-refractivity contribution in [3.63, 3.8) is 0 Å². The smallest absolute Gasteiger partial charge is 0.410 e. The molecule has 4 nitrogen and oxygen atoms in total. The number of carbonyl (C=O) groups excluding carboxylic acids is 2. The van der Waals surface area contributed by atoms with E-state index in [1.165, 1.54) is 12.8 Å². The Labute approximate surface area is 136 Å². The van der Waals surface area contributed by atoms with Crippen LogP contribution >= 0.6 is 0 Å². The summed E-state index contributed by atoms with van der Waals surface area (Å²) in [7, 11) is 0. The quantitative estimate of drug-likeness (QED) is 0.839. The van der Waals surface area contributed by atoms with E-state index in [9.17, 15) is 9.59 Å². The first-order valence-electron chi connectivity index (χ1n) is 8.56. The Morgan fingerprint density at radius 1 is 1.04 bits per heavy atom. The number of rotatable bonds is 2. The van der Waals surface area contributed by atoms with Gasteiger partial charge in [-0.25, -0.2) is 4.79 Å². The minimum Gasteiger partial charge on any atom is -0.445 e. The summed E-state index contributed by atoms with van der Waals surface area (Å²) in [4.78, 5) is 25.3. The summed E-state index contributed by atoms with van der Waals surface area (Å²) in [6, 6.07) is 9.78. The SMILES string of the molecule is O=C1CC2(C1)CC1(CCN(C(=O)OCc3ccccc3)CC1)C2. The molecule has 122 valence electrons. The van der Waals surface area contributed by atoms with Crippen LogP contribution in [0, 0.1) is 10.8 Å². The largest absolute Gasteiger partial charge is 0.445 e. The van der Waals surface area contributed by atoms with E-state index in [0.29, 0.717) is 23.2 Å². The molecule has 2 spiro atoms. The van der Waals surface area contributed by atoms with Crippen molar-refractivity contribution in [2.45, 2.75) is 45.1 Å². The number of piperidine rings is 1. The molecule has 2 saturated carbocycles. The predicted octanol–water partition coefficient (Wildman–Crippen LogP) is 3.55. The van der Waals surface area contributed by atoms with Gasteiger partial charge >= 0.3 is 6.09 Å². The lowest BCUT2D eigenvalue weighted by Crippen LogP contribution is -2.57. The number of ether oxygens (including phenoxy) is 1. The van der Waals surface area contributed by atoms with E-state index in [-0.39, 0.29) is 6.09 Å². The van der Waals surface area contributed by atoms with Crippen LogP contribution in [0.3, 0.4) is 0 Å². The lowest BCUT2D eigenvalue weighted by atomic mass is 9.43. The van der Waals surface area contributed by atoms with Gasteiger partial charge in [0.1, 0.15) is 12.4 Å². The molecule has 1 saturated heterocycles. The number of Topliss-reactive ketones (excluding diaryl/α,β-unsaturated/α-hetero) is 1.